The lowest BCUT2D eigenvalue weighted by Gasteiger charge is -2.26. The first-order valence-corrected chi connectivity index (χ1v) is 10.9. The summed E-state index contributed by atoms with van der Waals surface area (Å²) >= 11 is 0. The Morgan fingerprint density at radius 1 is 1.03 bits per heavy atom. The Bertz CT molecular complexity index is 1360. The van der Waals surface area contributed by atoms with Crippen LogP contribution >= 0.6 is 0 Å². The van der Waals surface area contributed by atoms with Gasteiger partial charge in [0.25, 0.3) is 5.91 Å². The van der Waals surface area contributed by atoms with E-state index in [-0.39, 0.29) is 17.8 Å². The molecule has 0 fully saturated rings. The van der Waals surface area contributed by atoms with Crippen molar-refractivity contribution in [1.29, 1.82) is 0 Å². The topological polar surface area (TPSA) is 68.2 Å². The Kier molecular flexibility index (Phi) is 5.59. The molecule has 0 saturated heterocycles. The number of hydrogen-bond acceptors (Lipinski definition) is 4. The number of nitrogens with zero attached hydrogens (tertiary/aromatic N) is 2. The largest absolute Gasteiger partial charge is 0.497 e. The SMILES string of the molecule is COc1ccc(C2=C[C@@H](c3ccc(F)cc3)n3ncc(C(=O)Nc4ccc(C)cc4)c3N2)cc1. The van der Waals surface area contributed by atoms with E-state index in [1.54, 1.807) is 30.1 Å². The molecule has 2 N–H and O–H groups in total. The quantitative estimate of drug-likeness (QED) is 0.409. The molecule has 1 atom stereocenters. The maximum absolute atomic E-state index is 13.6. The molecule has 2 heterocycles. The van der Waals surface area contributed by atoms with E-state index < -0.39 is 0 Å². The number of allylic oxidation sites excluding steroid dienone is 1. The Morgan fingerprint density at radius 3 is 2.41 bits per heavy atom. The molecule has 34 heavy (non-hydrogen) atoms. The Morgan fingerprint density at radius 2 is 1.74 bits per heavy atom. The highest BCUT2D eigenvalue weighted by molar-refractivity contribution is 6.08. The number of halogens is 1. The fraction of sp³-hybridized carbons (Fsp3) is 0.111. The number of ether oxygens (including phenoxy) is 1. The summed E-state index contributed by atoms with van der Waals surface area (Å²) in [5.41, 5.74) is 4.81. The molecular formula is C27H23FN4O2. The number of fused-ring (bicyclic) bond motifs is 1. The minimum atomic E-state index is -0.324. The molecule has 1 aliphatic heterocycles. The van der Waals surface area contributed by atoms with Crippen LogP contribution in [0.4, 0.5) is 15.9 Å². The van der Waals surface area contributed by atoms with Crippen molar-refractivity contribution in [2.75, 3.05) is 17.7 Å². The highest BCUT2D eigenvalue weighted by atomic mass is 19.1. The molecule has 0 bridgehead atoms. The third-order valence-electron chi connectivity index (χ3n) is 5.80. The highest BCUT2D eigenvalue weighted by Gasteiger charge is 2.28. The van der Waals surface area contributed by atoms with Crippen molar-refractivity contribution in [2.45, 2.75) is 13.0 Å². The maximum atomic E-state index is 13.6. The monoisotopic (exact) mass is 454 g/mol. The second-order valence-corrected chi connectivity index (χ2v) is 8.10. The van der Waals surface area contributed by atoms with Gasteiger partial charge in [-0.2, -0.15) is 5.10 Å². The maximum Gasteiger partial charge on any atom is 0.261 e. The minimum Gasteiger partial charge on any atom is -0.497 e. The van der Waals surface area contributed by atoms with Crippen molar-refractivity contribution < 1.29 is 13.9 Å². The summed E-state index contributed by atoms with van der Waals surface area (Å²) in [7, 11) is 1.62. The fourth-order valence-electron chi connectivity index (χ4n) is 3.93. The van der Waals surface area contributed by atoms with Crippen LogP contribution in [0, 0.1) is 12.7 Å². The van der Waals surface area contributed by atoms with Gasteiger partial charge >= 0.3 is 0 Å². The number of methoxy groups -OCH3 is 1. The molecule has 5 rings (SSSR count). The number of carbonyl (C=O) groups excluding carboxylic acids is 1. The van der Waals surface area contributed by atoms with Crippen molar-refractivity contribution in [3.8, 4) is 5.75 Å². The first kappa shape index (κ1) is 21.5. The van der Waals surface area contributed by atoms with E-state index in [0.717, 1.165) is 28.1 Å². The van der Waals surface area contributed by atoms with Gasteiger partial charge in [-0.3, -0.25) is 4.79 Å². The summed E-state index contributed by atoms with van der Waals surface area (Å²) in [5.74, 6) is 0.730. The number of aromatic nitrogens is 2. The van der Waals surface area contributed by atoms with Gasteiger partial charge in [-0.1, -0.05) is 29.8 Å². The lowest BCUT2D eigenvalue weighted by molar-refractivity contribution is 0.102. The van der Waals surface area contributed by atoms with Crippen molar-refractivity contribution in [3.05, 3.63) is 113 Å². The Hall–Kier alpha value is -4.39. The van der Waals surface area contributed by atoms with Crippen molar-refractivity contribution in [2.24, 2.45) is 0 Å². The summed E-state index contributed by atoms with van der Waals surface area (Å²) < 4.78 is 20.6. The van der Waals surface area contributed by atoms with Crippen LogP contribution < -0.4 is 15.4 Å². The number of nitrogens with one attached hydrogen (secondary N) is 2. The third-order valence-corrected chi connectivity index (χ3v) is 5.80. The smallest absolute Gasteiger partial charge is 0.261 e. The predicted octanol–water partition coefficient (Wildman–Crippen LogP) is 5.65. The number of anilines is 2. The molecule has 0 aliphatic carbocycles. The highest BCUT2D eigenvalue weighted by Crippen LogP contribution is 2.36. The molecule has 1 aromatic heterocycles. The second kappa shape index (κ2) is 8.86. The van der Waals surface area contributed by atoms with Crippen LogP contribution in [0.25, 0.3) is 5.70 Å². The predicted molar refractivity (Wildman–Crippen MR) is 130 cm³/mol. The van der Waals surface area contributed by atoms with E-state index in [2.05, 4.69) is 15.7 Å². The average molecular weight is 455 g/mol. The number of carbonyl (C=O) groups is 1. The zero-order chi connectivity index (χ0) is 23.7. The average Bonchev–Trinajstić information content (AvgIpc) is 3.30. The first-order chi connectivity index (χ1) is 16.5. The third kappa shape index (κ3) is 4.15. The molecule has 4 aromatic rings. The molecule has 0 unspecified atom stereocenters. The van der Waals surface area contributed by atoms with E-state index in [1.165, 1.54) is 12.1 Å². The summed E-state index contributed by atoms with van der Waals surface area (Å²) in [6, 6.07) is 21.2. The summed E-state index contributed by atoms with van der Waals surface area (Å²) in [5, 5.41) is 10.8. The number of hydrogen-bond donors (Lipinski definition) is 2. The molecule has 0 saturated carbocycles. The van der Waals surface area contributed by atoms with Gasteiger partial charge in [0, 0.05) is 11.4 Å². The minimum absolute atomic E-state index is 0.272. The lowest BCUT2D eigenvalue weighted by atomic mass is 10.0. The van der Waals surface area contributed by atoms with Gasteiger partial charge in [0.1, 0.15) is 22.9 Å². The zero-order valence-electron chi connectivity index (χ0n) is 18.7. The van der Waals surface area contributed by atoms with Gasteiger partial charge in [0.15, 0.2) is 0 Å². The van der Waals surface area contributed by atoms with Crippen LogP contribution in [0.1, 0.15) is 33.1 Å². The molecule has 170 valence electrons. The van der Waals surface area contributed by atoms with Crippen LogP contribution in [-0.4, -0.2) is 22.8 Å². The van der Waals surface area contributed by atoms with Crippen molar-refractivity contribution >= 4 is 23.1 Å². The molecule has 3 aromatic carbocycles. The number of aryl methyl sites for hydroxylation is 1. The number of amides is 1. The van der Waals surface area contributed by atoms with Crippen molar-refractivity contribution in [1.82, 2.24) is 9.78 Å². The van der Waals surface area contributed by atoms with E-state index in [0.29, 0.717) is 17.1 Å². The summed E-state index contributed by atoms with van der Waals surface area (Å²) in [4.78, 5) is 13.2. The van der Waals surface area contributed by atoms with Crippen LogP contribution in [0.2, 0.25) is 0 Å². The van der Waals surface area contributed by atoms with Crippen molar-refractivity contribution in [3.63, 3.8) is 0 Å². The van der Waals surface area contributed by atoms with Crippen LogP contribution in [0.15, 0.2) is 85.1 Å². The second-order valence-electron chi connectivity index (χ2n) is 8.10. The number of rotatable bonds is 5. The van der Waals surface area contributed by atoms with E-state index in [1.807, 2.05) is 61.5 Å². The molecule has 0 radical (unpaired) electrons. The summed E-state index contributed by atoms with van der Waals surface area (Å²) in [6.45, 7) is 1.99. The molecule has 7 heteroatoms. The van der Waals surface area contributed by atoms with Gasteiger partial charge in [-0.25, -0.2) is 9.07 Å². The Labute approximate surface area is 196 Å². The van der Waals surface area contributed by atoms with Crippen LogP contribution in [-0.2, 0) is 0 Å². The molecular weight excluding hydrogens is 431 g/mol. The number of benzene rings is 3. The first-order valence-electron chi connectivity index (χ1n) is 10.9. The standard InChI is InChI=1S/C27H23FN4O2/c1-17-3-11-21(12-4-17)30-27(33)23-16-29-32-25(19-5-9-20(28)10-6-19)15-24(31-26(23)32)18-7-13-22(34-2)14-8-18/h3-16,25,31H,1-2H3,(H,30,33)/t25-/m0/s1. The molecule has 6 nitrogen and oxygen atoms in total. The van der Waals surface area contributed by atoms with Crippen LogP contribution in [0.5, 0.6) is 5.75 Å². The van der Waals surface area contributed by atoms with E-state index in [9.17, 15) is 9.18 Å². The van der Waals surface area contributed by atoms with Gasteiger partial charge in [-0.05, 0) is 72.7 Å². The van der Waals surface area contributed by atoms with E-state index >= 15 is 0 Å². The lowest BCUT2D eigenvalue weighted by Crippen LogP contribution is -2.22. The van der Waals surface area contributed by atoms with E-state index in [4.69, 9.17) is 4.74 Å². The zero-order valence-corrected chi connectivity index (χ0v) is 18.7. The van der Waals surface area contributed by atoms with Gasteiger partial charge in [0.05, 0.1) is 19.3 Å². The molecule has 1 aliphatic rings. The normalized spacial score (nSPS) is 14.6. The molecule has 0 spiro atoms. The fourth-order valence-corrected chi connectivity index (χ4v) is 3.93. The van der Waals surface area contributed by atoms with Gasteiger partial charge in [0.2, 0.25) is 0 Å². The Balaban J connectivity index is 1.54. The van der Waals surface area contributed by atoms with Gasteiger partial charge in [-0.15, -0.1) is 0 Å². The van der Waals surface area contributed by atoms with Gasteiger partial charge < -0.3 is 15.4 Å². The summed E-state index contributed by atoms with van der Waals surface area (Å²) in [6.07, 6.45) is 3.56. The molecule has 1 amide bonds. The van der Waals surface area contributed by atoms with Crippen LogP contribution in [0.3, 0.4) is 0 Å².